The Morgan fingerprint density at radius 1 is 1.00 bits per heavy atom. The highest BCUT2D eigenvalue weighted by Gasteiger charge is 2.26. The number of anilines is 1. The third kappa shape index (κ3) is 3.13. The lowest BCUT2D eigenvalue weighted by molar-refractivity contribution is -0.119. The Hall–Kier alpha value is -2.92. The van der Waals surface area contributed by atoms with Crippen molar-refractivity contribution in [1.29, 1.82) is 0 Å². The van der Waals surface area contributed by atoms with Crippen LogP contribution in [-0.2, 0) is 11.2 Å². The van der Waals surface area contributed by atoms with Crippen molar-refractivity contribution in [3.63, 3.8) is 0 Å². The van der Waals surface area contributed by atoms with Crippen molar-refractivity contribution in [3.8, 4) is 11.3 Å². The third-order valence-corrected chi connectivity index (χ3v) is 4.78. The second-order valence-electron chi connectivity index (χ2n) is 6.21. The van der Waals surface area contributed by atoms with Crippen LogP contribution in [0.2, 0.25) is 5.02 Å². The zero-order chi connectivity index (χ0) is 18.1. The van der Waals surface area contributed by atoms with Gasteiger partial charge in [-0.05, 0) is 42.7 Å². The van der Waals surface area contributed by atoms with Crippen LogP contribution in [-0.4, -0.2) is 15.7 Å². The van der Waals surface area contributed by atoms with Gasteiger partial charge in [-0.25, -0.2) is 4.68 Å². The van der Waals surface area contributed by atoms with E-state index in [0.717, 1.165) is 16.8 Å². The van der Waals surface area contributed by atoms with Gasteiger partial charge in [-0.2, -0.15) is 5.10 Å². The monoisotopic (exact) mass is 365 g/mol. The van der Waals surface area contributed by atoms with Crippen molar-refractivity contribution in [2.24, 2.45) is 0 Å². The van der Waals surface area contributed by atoms with Crippen molar-refractivity contribution < 1.29 is 4.79 Å². The van der Waals surface area contributed by atoms with E-state index in [1.165, 1.54) is 10.7 Å². The molecule has 130 valence electrons. The fraction of sp³-hybridized carbons (Fsp3) is 0.150. The van der Waals surface area contributed by atoms with E-state index in [1.807, 2.05) is 36.4 Å². The summed E-state index contributed by atoms with van der Waals surface area (Å²) in [7, 11) is 0. The molecule has 1 unspecified atom stereocenters. The Labute approximate surface area is 155 Å². The number of aryl methyl sites for hydroxylation is 1. The van der Waals surface area contributed by atoms with Gasteiger partial charge in [-0.15, -0.1) is 0 Å². The lowest BCUT2D eigenvalue weighted by atomic mass is 10.1. The maximum absolute atomic E-state index is 12.7. The van der Waals surface area contributed by atoms with Crippen molar-refractivity contribution in [3.05, 3.63) is 81.6 Å². The SMILES string of the molecule is O=C1Nc2ccccc2CCC1n1nc(-c2ccc(Cl)cc2)ccc1=O. The molecule has 0 saturated heterocycles. The first kappa shape index (κ1) is 16.5. The van der Waals surface area contributed by atoms with E-state index < -0.39 is 6.04 Å². The lowest BCUT2D eigenvalue weighted by Crippen LogP contribution is -2.34. The van der Waals surface area contributed by atoms with Crippen LogP contribution in [0, 0.1) is 0 Å². The van der Waals surface area contributed by atoms with Gasteiger partial charge >= 0.3 is 0 Å². The summed E-state index contributed by atoms with van der Waals surface area (Å²) in [5, 5.41) is 7.99. The lowest BCUT2D eigenvalue weighted by Gasteiger charge is -2.16. The molecule has 1 amide bonds. The molecular formula is C20H16ClN3O2. The van der Waals surface area contributed by atoms with Gasteiger partial charge in [-0.1, -0.05) is 41.9 Å². The number of halogens is 1. The van der Waals surface area contributed by atoms with Gasteiger partial charge in [0, 0.05) is 22.3 Å². The van der Waals surface area contributed by atoms with Crippen LogP contribution in [0.3, 0.4) is 0 Å². The highest BCUT2D eigenvalue weighted by Crippen LogP contribution is 2.26. The van der Waals surface area contributed by atoms with E-state index in [-0.39, 0.29) is 11.5 Å². The van der Waals surface area contributed by atoms with Gasteiger partial charge in [0.25, 0.3) is 5.56 Å². The number of rotatable bonds is 2. The number of para-hydroxylation sites is 1. The van der Waals surface area contributed by atoms with Crippen LogP contribution in [0.1, 0.15) is 18.0 Å². The predicted molar refractivity (Wildman–Crippen MR) is 101 cm³/mol. The molecule has 5 nitrogen and oxygen atoms in total. The molecule has 1 N–H and O–H groups in total. The summed E-state index contributed by atoms with van der Waals surface area (Å²) in [6, 6.07) is 17.3. The zero-order valence-electron chi connectivity index (χ0n) is 13.9. The predicted octanol–water partition coefficient (Wildman–Crippen LogP) is 3.69. The van der Waals surface area contributed by atoms with Gasteiger partial charge < -0.3 is 5.32 Å². The Bertz CT molecular complexity index is 1030. The highest BCUT2D eigenvalue weighted by molar-refractivity contribution is 6.30. The Kier molecular flexibility index (Phi) is 4.31. The fourth-order valence-corrected chi connectivity index (χ4v) is 3.28. The van der Waals surface area contributed by atoms with Crippen molar-refractivity contribution in [1.82, 2.24) is 9.78 Å². The highest BCUT2D eigenvalue weighted by atomic mass is 35.5. The van der Waals surface area contributed by atoms with Crippen LogP contribution in [0.4, 0.5) is 5.69 Å². The van der Waals surface area contributed by atoms with Crippen molar-refractivity contribution >= 4 is 23.2 Å². The third-order valence-electron chi connectivity index (χ3n) is 4.53. The topological polar surface area (TPSA) is 64.0 Å². The second kappa shape index (κ2) is 6.77. The van der Waals surface area contributed by atoms with E-state index in [2.05, 4.69) is 10.4 Å². The summed E-state index contributed by atoms with van der Waals surface area (Å²) in [6.45, 7) is 0. The fourth-order valence-electron chi connectivity index (χ4n) is 3.16. The minimum atomic E-state index is -0.651. The average molecular weight is 366 g/mol. The molecule has 26 heavy (non-hydrogen) atoms. The van der Waals surface area contributed by atoms with E-state index in [4.69, 9.17) is 11.6 Å². The molecule has 2 heterocycles. The average Bonchev–Trinajstić information content (AvgIpc) is 2.81. The quantitative estimate of drug-likeness (QED) is 0.753. The standard InChI is InChI=1S/C20H16ClN3O2/c21-15-8-5-14(6-9-15)17-10-12-19(25)24(23-17)18-11-7-13-3-1-2-4-16(13)22-20(18)26/h1-6,8-10,12,18H,7,11H2,(H,22,26). The number of carbonyl (C=O) groups excluding carboxylic acids is 1. The summed E-state index contributed by atoms with van der Waals surface area (Å²) in [4.78, 5) is 25.1. The van der Waals surface area contributed by atoms with Gasteiger partial charge in [0.15, 0.2) is 0 Å². The summed E-state index contributed by atoms with van der Waals surface area (Å²) in [5.41, 5.74) is 3.01. The first-order valence-electron chi connectivity index (χ1n) is 8.36. The number of benzene rings is 2. The number of carbonyl (C=O) groups is 1. The number of aromatic nitrogens is 2. The summed E-state index contributed by atoms with van der Waals surface area (Å²) in [6.07, 6.45) is 1.21. The second-order valence-corrected chi connectivity index (χ2v) is 6.65. The van der Waals surface area contributed by atoms with Gasteiger partial charge in [-0.3, -0.25) is 9.59 Å². The molecule has 0 bridgehead atoms. The molecule has 1 atom stereocenters. The molecule has 1 aliphatic heterocycles. The molecule has 2 aromatic carbocycles. The Morgan fingerprint density at radius 3 is 2.58 bits per heavy atom. The van der Waals surface area contributed by atoms with E-state index in [9.17, 15) is 9.59 Å². The maximum atomic E-state index is 12.7. The minimum Gasteiger partial charge on any atom is -0.324 e. The van der Waals surface area contributed by atoms with Gasteiger partial charge in [0.2, 0.25) is 5.91 Å². The number of hydrogen-bond acceptors (Lipinski definition) is 3. The maximum Gasteiger partial charge on any atom is 0.267 e. The van der Waals surface area contributed by atoms with Crippen LogP contribution in [0.5, 0.6) is 0 Å². The van der Waals surface area contributed by atoms with Crippen LogP contribution >= 0.6 is 11.6 Å². The number of fused-ring (bicyclic) bond motifs is 1. The molecule has 1 aliphatic rings. The molecule has 0 spiro atoms. The van der Waals surface area contributed by atoms with Gasteiger partial charge in [0.05, 0.1) is 5.69 Å². The summed E-state index contributed by atoms with van der Waals surface area (Å²) < 4.78 is 1.28. The number of amides is 1. The first-order chi connectivity index (χ1) is 12.6. The zero-order valence-corrected chi connectivity index (χ0v) is 14.6. The van der Waals surface area contributed by atoms with Gasteiger partial charge in [0.1, 0.15) is 6.04 Å². The number of nitrogens with one attached hydrogen (secondary N) is 1. The Morgan fingerprint density at radius 2 is 1.77 bits per heavy atom. The summed E-state index contributed by atoms with van der Waals surface area (Å²) >= 11 is 5.93. The normalized spacial score (nSPS) is 16.5. The Balaban J connectivity index is 1.71. The largest absolute Gasteiger partial charge is 0.324 e. The smallest absolute Gasteiger partial charge is 0.267 e. The molecule has 6 heteroatoms. The molecule has 3 aromatic rings. The van der Waals surface area contributed by atoms with Crippen molar-refractivity contribution in [2.45, 2.75) is 18.9 Å². The molecule has 0 aliphatic carbocycles. The van der Waals surface area contributed by atoms with E-state index in [0.29, 0.717) is 23.6 Å². The molecule has 4 rings (SSSR count). The molecular weight excluding hydrogens is 350 g/mol. The van der Waals surface area contributed by atoms with Crippen molar-refractivity contribution in [2.75, 3.05) is 5.32 Å². The van der Waals surface area contributed by atoms with Crippen LogP contribution in [0.15, 0.2) is 65.5 Å². The van der Waals surface area contributed by atoms with Crippen LogP contribution in [0.25, 0.3) is 11.3 Å². The minimum absolute atomic E-state index is 0.224. The van der Waals surface area contributed by atoms with Crippen LogP contribution < -0.4 is 10.9 Å². The summed E-state index contributed by atoms with van der Waals surface area (Å²) in [5.74, 6) is -0.224. The molecule has 0 fully saturated rings. The molecule has 0 saturated carbocycles. The number of hydrogen-bond donors (Lipinski definition) is 1. The first-order valence-corrected chi connectivity index (χ1v) is 8.74. The molecule has 1 aromatic heterocycles. The molecule has 0 radical (unpaired) electrons. The number of nitrogens with zero attached hydrogens (tertiary/aromatic N) is 2. The van der Waals surface area contributed by atoms with E-state index in [1.54, 1.807) is 18.2 Å². The van der Waals surface area contributed by atoms with E-state index >= 15 is 0 Å².